The molecule has 166 valence electrons. The molecule has 0 saturated heterocycles. The average molecular weight is 487 g/mol. The molecule has 2 aromatic rings. The Morgan fingerprint density at radius 3 is 2.47 bits per heavy atom. The third-order valence-corrected chi connectivity index (χ3v) is 6.91. The van der Waals surface area contributed by atoms with E-state index in [9.17, 15) is 26.4 Å². The Balaban J connectivity index is 2.52. The van der Waals surface area contributed by atoms with E-state index in [0.29, 0.717) is 24.6 Å². The number of carbonyl (C=O) groups is 1. The molecule has 0 N–H and O–H groups in total. The van der Waals surface area contributed by atoms with Gasteiger partial charge in [0.1, 0.15) is 0 Å². The van der Waals surface area contributed by atoms with Crippen molar-refractivity contribution in [2.45, 2.75) is 38.4 Å². The van der Waals surface area contributed by atoms with Crippen LogP contribution in [0.3, 0.4) is 0 Å². The predicted molar refractivity (Wildman–Crippen MR) is 105 cm³/mol. The number of rotatable bonds is 8. The molecule has 0 spiro atoms. The van der Waals surface area contributed by atoms with E-state index in [1.54, 1.807) is 0 Å². The minimum Gasteiger partial charge on any atom is -0.314 e. The lowest BCUT2D eigenvalue weighted by Gasteiger charge is -2.21. The van der Waals surface area contributed by atoms with Gasteiger partial charge in [-0.1, -0.05) is 36.0 Å². The number of benzene rings is 1. The van der Waals surface area contributed by atoms with E-state index >= 15 is 0 Å². The van der Waals surface area contributed by atoms with E-state index in [-0.39, 0.29) is 27.4 Å². The van der Waals surface area contributed by atoms with Crippen LogP contribution in [0.4, 0.5) is 18.3 Å². The number of sulfonamides is 1. The molecule has 30 heavy (non-hydrogen) atoms. The topological polar surface area (TPSA) is 92.7 Å². The van der Waals surface area contributed by atoms with Gasteiger partial charge in [0.15, 0.2) is 5.82 Å². The Labute approximate surface area is 180 Å². The van der Waals surface area contributed by atoms with E-state index in [1.807, 2.05) is 18.7 Å². The number of hydrogen-bond donors (Lipinski definition) is 0. The molecule has 0 saturated carbocycles. The number of aromatic nitrogens is 2. The van der Waals surface area contributed by atoms with Gasteiger partial charge in [-0.2, -0.15) is 30.9 Å². The van der Waals surface area contributed by atoms with Crippen LogP contribution in [0.2, 0.25) is 5.02 Å². The maximum atomic E-state index is 13.1. The number of halogens is 4. The van der Waals surface area contributed by atoms with Crippen LogP contribution < -0.4 is 4.47 Å². The molecular weight excluding hydrogens is 469 g/mol. The first kappa shape index (κ1) is 24.3. The zero-order valence-corrected chi connectivity index (χ0v) is 18.5. The van der Waals surface area contributed by atoms with Crippen LogP contribution in [0, 0.1) is 6.92 Å². The summed E-state index contributed by atoms with van der Waals surface area (Å²) in [6, 6.07) is 3.84. The van der Waals surface area contributed by atoms with E-state index in [4.69, 9.17) is 11.6 Å². The van der Waals surface area contributed by atoms with Crippen molar-refractivity contribution in [3.8, 4) is 0 Å². The molecule has 1 aromatic heterocycles. The molecule has 0 fully saturated rings. The first-order valence-electron chi connectivity index (χ1n) is 8.56. The molecule has 0 aliphatic carbocycles. The summed E-state index contributed by atoms with van der Waals surface area (Å²) in [5, 5.41) is -0.480. The lowest BCUT2D eigenvalue weighted by atomic mass is 10.2. The van der Waals surface area contributed by atoms with Crippen LogP contribution in [0.1, 0.15) is 25.2 Å². The fraction of sp³-hybridized carbons (Fsp3) is 0.438. The number of hydrogen-bond acceptors (Lipinski definition) is 8. The standard InChI is InChI=1S/C16H18ClF3N4O4S2/c1-4-23(5-2)9-13-21-15(29-22-13)24(28-14(25)16(18,19)20)30(26,27)12-8-6-7-11(17)10(12)3/h6-8H,4-5,9H2,1-3H3. The number of alkyl halides is 3. The van der Waals surface area contributed by atoms with Crippen molar-refractivity contribution in [2.24, 2.45) is 0 Å². The molecule has 0 radical (unpaired) electrons. The van der Waals surface area contributed by atoms with Gasteiger partial charge in [-0.15, -0.1) is 0 Å². The first-order chi connectivity index (χ1) is 13.9. The van der Waals surface area contributed by atoms with E-state index in [1.165, 1.54) is 19.1 Å². The highest BCUT2D eigenvalue weighted by Crippen LogP contribution is 2.31. The molecule has 0 bridgehead atoms. The van der Waals surface area contributed by atoms with Crippen molar-refractivity contribution in [2.75, 3.05) is 17.6 Å². The van der Waals surface area contributed by atoms with Crippen molar-refractivity contribution >= 4 is 44.3 Å². The minimum atomic E-state index is -5.42. The summed E-state index contributed by atoms with van der Waals surface area (Å²) in [7, 11) is -4.79. The Bertz CT molecular complexity index is 1010. The predicted octanol–water partition coefficient (Wildman–Crippen LogP) is 3.56. The maximum Gasteiger partial charge on any atom is 0.493 e. The molecule has 0 aliphatic rings. The molecule has 2 rings (SSSR count). The van der Waals surface area contributed by atoms with E-state index in [2.05, 4.69) is 14.2 Å². The highest BCUT2D eigenvalue weighted by molar-refractivity contribution is 7.92. The van der Waals surface area contributed by atoms with Crippen molar-refractivity contribution in [3.05, 3.63) is 34.6 Å². The smallest absolute Gasteiger partial charge is 0.314 e. The lowest BCUT2D eigenvalue weighted by molar-refractivity contribution is -0.199. The molecule has 14 heteroatoms. The van der Waals surface area contributed by atoms with Crippen LogP contribution in [-0.2, 0) is 26.2 Å². The second-order valence-electron chi connectivity index (χ2n) is 5.93. The van der Waals surface area contributed by atoms with Gasteiger partial charge in [-0.25, -0.2) is 4.79 Å². The maximum absolute atomic E-state index is 13.1. The van der Waals surface area contributed by atoms with Gasteiger partial charge in [0.05, 0.1) is 11.4 Å². The number of nitrogens with zero attached hydrogens (tertiary/aromatic N) is 4. The lowest BCUT2D eigenvalue weighted by Crippen LogP contribution is -2.39. The van der Waals surface area contributed by atoms with Gasteiger partial charge in [-0.05, 0) is 37.7 Å². The van der Waals surface area contributed by atoms with Gasteiger partial charge in [-0.3, -0.25) is 4.90 Å². The molecular formula is C16H18ClF3N4O4S2. The number of carbonyl (C=O) groups excluding carboxylic acids is 1. The van der Waals surface area contributed by atoms with Gasteiger partial charge >= 0.3 is 12.1 Å². The van der Waals surface area contributed by atoms with Crippen LogP contribution in [0.15, 0.2) is 23.1 Å². The summed E-state index contributed by atoms with van der Waals surface area (Å²) in [5.41, 5.74) is 0.0695. The number of anilines is 1. The summed E-state index contributed by atoms with van der Waals surface area (Å²) in [6.07, 6.45) is -5.42. The molecule has 0 amide bonds. The van der Waals surface area contributed by atoms with E-state index in [0.717, 1.165) is 6.07 Å². The molecule has 0 aliphatic heterocycles. The largest absolute Gasteiger partial charge is 0.493 e. The van der Waals surface area contributed by atoms with Crippen LogP contribution in [0.5, 0.6) is 0 Å². The Morgan fingerprint density at radius 1 is 1.27 bits per heavy atom. The quantitative estimate of drug-likeness (QED) is 0.527. The zero-order valence-electron chi connectivity index (χ0n) is 16.1. The van der Waals surface area contributed by atoms with Gasteiger partial charge in [0.25, 0.3) is 15.2 Å². The minimum absolute atomic E-state index is 0.0673. The second kappa shape index (κ2) is 9.45. The fourth-order valence-corrected chi connectivity index (χ4v) is 4.80. The molecule has 0 unspecified atom stereocenters. The van der Waals surface area contributed by atoms with Crippen molar-refractivity contribution in [1.82, 2.24) is 14.3 Å². The Morgan fingerprint density at radius 2 is 1.90 bits per heavy atom. The SMILES string of the molecule is CCN(CC)Cc1nsc(N(OC(=O)C(F)(F)F)S(=O)(=O)c2cccc(Cl)c2C)n1. The highest BCUT2D eigenvalue weighted by atomic mass is 35.5. The highest BCUT2D eigenvalue weighted by Gasteiger charge is 2.46. The van der Waals surface area contributed by atoms with Crippen molar-refractivity contribution < 1.29 is 31.2 Å². The van der Waals surface area contributed by atoms with Crippen LogP contribution >= 0.6 is 23.1 Å². The summed E-state index contributed by atoms with van der Waals surface area (Å²) >= 11 is 6.43. The average Bonchev–Trinajstić information content (AvgIpc) is 3.12. The summed E-state index contributed by atoms with van der Waals surface area (Å²) < 4.78 is 68.3. The van der Waals surface area contributed by atoms with Gasteiger partial charge in [0, 0.05) is 16.6 Å². The Kier molecular flexibility index (Phi) is 7.66. The first-order valence-corrected chi connectivity index (χ1v) is 11.1. The molecule has 8 nitrogen and oxygen atoms in total. The molecule has 0 atom stereocenters. The molecule has 1 heterocycles. The third-order valence-electron chi connectivity index (χ3n) is 3.98. The normalized spacial score (nSPS) is 12.3. The van der Waals surface area contributed by atoms with Crippen LogP contribution in [0.25, 0.3) is 0 Å². The van der Waals surface area contributed by atoms with Gasteiger partial charge in [0.2, 0.25) is 0 Å². The fourth-order valence-electron chi connectivity index (χ4n) is 2.30. The van der Waals surface area contributed by atoms with E-state index < -0.39 is 32.2 Å². The van der Waals surface area contributed by atoms with Crippen LogP contribution in [-0.4, -0.2) is 47.9 Å². The third kappa shape index (κ3) is 5.39. The van der Waals surface area contributed by atoms with Gasteiger partial charge < -0.3 is 4.84 Å². The summed E-state index contributed by atoms with van der Waals surface area (Å²) in [6.45, 7) is 6.68. The molecule has 1 aromatic carbocycles. The van der Waals surface area contributed by atoms with Crippen molar-refractivity contribution in [1.29, 1.82) is 0 Å². The summed E-state index contributed by atoms with van der Waals surface area (Å²) in [4.78, 5) is 21.1. The Hall–Kier alpha value is -1.96. The summed E-state index contributed by atoms with van der Waals surface area (Å²) in [5.74, 6) is -2.55. The second-order valence-corrected chi connectivity index (χ2v) is 8.79. The van der Waals surface area contributed by atoms with Crippen molar-refractivity contribution in [3.63, 3.8) is 0 Å². The zero-order chi connectivity index (χ0) is 22.7. The monoisotopic (exact) mass is 486 g/mol.